The highest BCUT2D eigenvalue weighted by molar-refractivity contribution is 9.10. The fraction of sp³-hybridized carbons (Fsp3) is 0.200. The Hall–Kier alpha value is -2.80. The summed E-state index contributed by atoms with van der Waals surface area (Å²) in [6.07, 6.45) is 1.60. The summed E-state index contributed by atoms with van der Waals surface area (Å²) >= 11 is 3.45. The fourth-order valence-corrected chi connectivity index (χ4v) is 3.25. The van der Waals surface area contributed by atoms with E-state index in [4.69, 9.17) is 19.8 Å². The molecule has 0 aliphatic heterocycles. The lowest BCUT2D eigenvalue weighted by Crippen LogP contribution is -2.06. The average molecular weight is 425 g/mol. The number of halogens is 1. The number of aryl methyl sites for hydroxylation is 1. The van der Waals surface area contributed by atoms with Gasteiger partial charge in [0.25, 0.3) is 0 Å². The highest BCUT2D eigenvalue weighted by Crippen LogP contribution is 2.24. The number of ether oxygens (including phenoxy) is 1. The summed E-state index contributed by atoms with van der Waals surface area (Å²) in [5, 5.41) is 5.64. The molecule has 6 nitrogen and oxygen atoms in total. The molecule has 0 atom stereocenters. The molecule has 0 spiro atoms. The molecule has 0 aliphatic carbocycles. The molecule has 2 aromatic heterocycles. The molecule has 0 saturated heterocycles. The number of carbonyl (C=O) groups is 1. The zero-order chi connectivity index (χ0) is 18.8. The van der Waals surface area contributed by atoms with Gasteiger partial charge in [-0.15, -0.1) is 5.10 Å². The van der Waals surface area contributed by atoms with Gasteiger partial charge in [0.05, 0.1) is 12.6 Å². The Kier molecular flexibility index (Phi) is 4.85. The van der Waals surface area contributed by atoms with Crippen LogP contribution in [0.1, 0.15) is 18.7 Å². The summed E-state index contributed by atoms with van der Waals surface area (Å²) in [5.41, 5.74) is 2.57. The Balaban J connectivity index is 1.80. The first-order valence-electron chi connectivity index (χ1n) is 8.63. The normalized spacial score (nSPS) is 11.2. The van der Waals surface area contributed by atoms with E-state index in [9.17, 15) is 4.79 Å². The van der Waals surface area contributed by atoms with Gasteiger partial charge in [0.2, 0.25) is 0 Å². The number of rotatable bonds is 5. The lowest BCUT2D eigenvalue weighted by Gasteiger charge is -2.06. The number of hydrogen-bond acceptors (Lipinski definition) is 5. The molecule has 0 aliphatic rings. The number of benzene rings is 2. The van der Waals surface area contributed by atoms with Crippen LogP contribution in [0.25, 0.3) is 27.9 Å². The molecule has 0 N–H and O–H groups in total. The molecule has 0 fully saturated rings. The van der Waals surface area contributed by atoms with Gasteiger partial charge < -0.3 is 4.74 Å². The number of fused-ring (bicyclic) bond motifs is 3. The molecule has 0 amide bonds. The van der Waals surface area contributed by atoms with Crippen LogP contribution in [0.15, 0.2) is 53.0 Å². The minimum absolute atomic E-state index is 0.221. The quantitative estimate of drug-likeness (QED) is 0.449. The minimum Gasteiger partial charge on any atom is -0.469 e. The van der Waals surface area contributed by atoms with Crippen molar-refractivity contribution in [2.45, 2.75) is 19.3 Å². The standard InChI is InChI=1S/C20H17BrN4O2/c1-27-18(26)8-4-7-17-22-16-6-3-2-5-15(16)20-23-19(24-25(17)20)13-9-11-14(21)12-10-13/h2-3,5-6,9-12H,4,7-8H2,1H3. The summed E-state index contributed by atoms with van der Waals surface area (Å²) in [7, 11) is 1.40. The van der Waals surface area contributed by atoms with Crippen LogP contribution in [0.2, 0.25) is 0 Å². The van der Waals surface area contributed by atoms with E-state index < -0.39 is 0 Å². The fourth-order valence-electron chi connectivity index (χ4n) is 2.99. The number of hydrogen-bond donors (Lipinski definition) is 0. The van der Waals surface area contributed by atoms with Crippen molar-refractivity contribution in [3.8, 4) is 11.4 Å². The number of para-hydroxylation sites is 1. The van der Waals surface area contributed by atoms with E-state index in [0.29, 0.717) is 25.1 Å². The maximum Gasteiger partial charge on any atom is 0.305 e. The molecule has 4 aromatic rings. The summed E-state index contributed by atoms with van der Waals surface area (Å²) in [6, 6.07) is 15.8. The SMILES string of the molecule is COC(=O)CCCc1nc2ccccc2c2nc(-c3ccc(Br)cc3)nn12. The molecule has 0 unspecified atom stereocenters. The van der Waals surface area contributed by atoms with Crippen molar-refractivity contribution in [2.75, 3.05) is 7.11 Å². The average Bonchev–Trinajstić information content (AvgIpc) is 3.14. The second-order valence-electron chi connectivity index (χ2n) is 6.15. The Bertz CT molecular complexity index is 1120. The van der Waals surface area contributed by atoms with E-state index in [1.54, 1.807) is 4.52 Å². The molecule has 2 heterocycles. The van der Waals surface area contributed by atoms with Crippen molar-refractivity contribution in [3.63, 3.8) is 0 Å². The van der Waals surface area contributed by atoms with Crippen molar-refractivity contribution in [2.24, 2.45) is 0 Å². The highest BCUT2D eigenvalue weighted by atomic mass is 79.9. The van der Waals surface area contributed by atoms with Crippen LogP contribution in [0.5, 0.6) is 0 Å². The van der Waals surface area contributed by atoms with Crippen molar-refractivity contribution < 1.29 is 9.53 Å². The van der Waals surface area contributed by atoms with Gasteiger partial charge >= 0.3 is 5.97 Å². The third kappa shape index (κ3) is 3.55. The van der Waals surface area contributed by atoms with Gasteiger partial charge in [0, 0.05) is 28.3 Å². The molecule has 7 heteroatoms. The first-order valence-corrected chi connectivity index (χ1v) is 9.42. The van der Waals surface area contributed by atoms with Crippen molar-refractivity contribution in [1.29, 1.82) is 0 Å². The van der Waals surface area contributed by atoms with E-state index >= 15 is 0 Å². The zero-order valence-electron chi connectivity index (χ0n) is 14.7. The molecular weight excluding hydrogens is 408 g/mol. The van der Waals surface area contributed by atoms with E-state index in [1.165, 1.54) is 7.11 Å². The van der Waals surface area contributed by atoms with E-state index in [-0.39, 0.29) is 5.97 Å². The van der Waals surface area contributed by atoms with Crippen LogP contribution in [-0.2, 0) is 16.0 Å². The molecule has 0 radical (unpaired) electrons. The van der Waals surface area contributed by atoms with Gasteiger partial charge in [0.1, 0.15) is 5.82 Å². The molecule has 136 valence electrons. The second kappa shape index (κ2) is 7.44. The van der Waals surface area contributed by atoms with Gasteiger partial charge in [-0.05, 0) is 30.7 Å². The molecule has 4 rings (SSSR count). The van der Waals surface area contributed by atoms with Crippen LogP contribution in [0.4, 0.5) is 0 Å². The van der Waals surface area contributed by atoms with Crippen LogP contribution in [0, 0.1) is 0 Å². The van der Waals surface area contributed by atoms with Crippen molar-refractivity contribution in [1.82, 2.24) is 19.6 Å². The third-order valence-corrected chi connectivity index (χ3v) is 4.89. The van der Waals surface area contributed by atoms with Gasteiger partial charge in [-0.3, -0.25) is 4.79 Å². The lowest BCUT2D eigenvalue weighted by atomic mass is 10.2. The monoisotopic (exact) mass is 424 g/mol. The van der Waals surface area contributed by atoms with Gasteiger partial charge in [-0.2, -0.15) is 4.52 Å². The predicted octanol–water partition coefficient (Wildman–Crippen LogP) is 4.20. The molecule has 0 bridgehead atoms. The number of nitrogens with zero attached hydrogens (tertiary/aromatic N) is 4. The summed E-state index contributed by atoms with van der Waals surface area (Å²) in [5.74, 6) is 1.21. The predicted molar refractivity (Wildman–Crippen MR) is 106 cm³/mol. The lowest BCUT2D eigenvalue weighted by molar-refractivity contribution is -0.140. The maximum atomic E-state index is 11.4. The van der Waals surface area contributed by atoms with E-state index in [2.05, 4.69) is 15.9 Å². The van der Waals surface area contributed by atoms with Gasteiger partial charge in [-0.1, -0.05) is 40.2 Å². The maximum absolute atomic E-state index is 11.4. The molecule has 0 saturated carbocycles. The van der Waals surface area contributed by atoms with Gasteiger partial charge in [0.15, 0.2) is 11.5 Å². The minimum atomic E-state index is -0.221. The Morgan fingerprint density at radius 3 is 2.67 bits per heavy atom. The largest absolute Gasteiger partial charge is 0.469 e. The van der Waals surface area contributed by atoms with E-state index in [0.717, 1.165) is 32.4 Å². The Morgan fingerprint density at radius 2 is 1.89 bits per heavy atom. The Morgan fingerprint density at radius 1 is 1.11 bits per heavy atom. The highest BCUT2D eigenvalue weighted by Gasteiger charge is 2.14. The van der Waals surface area contributed by atoms with Crippen LogP contribution < -0.4 is 0 Å². The van der Waals surface area contributed by atoms with Crippen molar-refractivity contribution >= 4 is 38.4 Å². The number of methoxy groups -OCH3 is 1. The first-order chi connectivity index (χ1) is 13.2. The summed E-state index contributed by atoms with van der Waals surface area (Å²) < 4.78 is 7.51. The second-order valence-corrected chi connectivity index (χ2v) is 7.07. The molecule has 2 aromatic carbocycles. The van der Waals surface area contributed by atoms with E-state index in [1.807, 2.05) is 48.5 Å². The molecular formula is C20H17BrN4O2. The number of carbonyl (C=O) groups excluding carboxylic acids is 1. The summed E-state index contributed by atoms with van der Waals surface area (Å²) in [6.45, 7) is 0. The topological polar surface area (TPSA) is 69.4 Å². The zero-order valence-corrected chi connectivity index (χ0v) is 16.3. The number of esters is 1. The summed E-state index contributed by atoms with van der Waals surface area (Å²) in [4.78, 5) is 20.9. The van der Waals surface area contributed by atoms with Crippen LogP contribution in [0.3, 0.4) is 0 Å². The first kappa shape index (κ1) is 17.6. The van der Waals surface area contributed by atoms with Gasteiger partial charge in [-0.25, -0.2) is 9.97 Å². The Labute approximate surface area is 164 Å². The smallest absolute Gasteiger partial charge is 0.305 e. The van der Waals surface area contributed by atoms with Crippen LogP contribution in [-0.4, -0.2) is 32.7 Å². The third-order valence-electron chi connectivity index (χ3n) is 4.36. The van der Waals surface area contributed by atoms with Crippen molar-refractivity contribution in [3.05, 3.63) is 58.8 Å². The molecule has 27 heavy (non-hydrogen) atoms. The number of aromatic nitrogens is 4. The van der Waals surface area contributed by atoms with Crippen LogP contribution >= 0.6 is 15.9 Å².